The number of aliphatic hydroxyl groups excluding tert-OH is 1. The zero-order chi connectivity index (χ0) is 16.8. The molecule has 6 heteroatoms. The van der Waals surface area contributed by atoms with Gasteiger partial charge < -0.3 is 14.6 Å². The molecule has 1 unspecified atom stereocenters. The monoisotopic (exact) mass is 338 g/mol. The summed E-state index contributed by atoms with van der Waals surface area (Å²) in [4.78, 5) is 11.2. The van der Waals surface area contributed by atoms with Gasteiger partial charge in [0, 0.05) is 5.02 Å². The average molecular weight is 339 g/mol. The molecule has 0 bridgehead atoms. The first-order valence-corrected chi connectivity index (χ1v) is 7.29. The zero-order valence-electron chi connectivity index (χ0n) is 12.5. The normalized spacial score (nSPS) is 11.8. The van der Waals surface area contributed by atoms with Gasteiger partial charge in [0.15, 0.2) is 11.6 Å². The van der Waals surface area contributed by atoms with Gasteiger partial charge >= 0.3 is 5.97 Å². The van der Waals surface area contributed by atoms with Crippen LogP contribution in [0, 0.1) is 5.82 Å². The summed E-state index contributed by atoms with van der Waals surface area (Å²) in [5.41, 5.74) is 1.07. The standard InChI is InChI=1S/C17H16ClFO4/c1-22-17(21)8-11-5-6-16(14(19)7-11)23-10-15(20)12-3-2-4-13(18)9-12/h2-7,9,15,20H,8,10H2,1H3. The van der Waals surface area contributed by atoms with Crippen molar-refractivity contribution in [1.29, 1.82) is 0 Å². The number of benzene rings is 2. The number of esters is 1. The first-order chi connectivity index (χ1) is 11.0. The van der Waals surface area contributed by atoms with Crippen molar-refractivity contribution in [2.75, 3.05) is 13.7 Å². The fourth-order valence-electron chi connectivity index (χ4n) is 1.99. The molecule has 0 saturated carbocycles. The van der Waals surface area contributed by atoms with Crippen molar-refractivity contribution in [3.63, 3.8) is 0 Å². The highest BCUT2D eigenvalue weighted by molar-refractivity contribution is 6.30. The first kappa shape index (κ1) is 17.2. The maximum Gasteiger partial charge on any atom is 0.309 e. The molecule has 122 valence electrons. The lowest BCUT2D eigenvalue weighted by Gasteiger charge is -2.14. The van der Waals surface area contributed by atoms with Crippen molar-refractivity contribution in [2.24, 2.45) is 0 Å². The molecule has 2 rings (SSSR count). The minimum absolute atomic E-state index is 0.000283. The third-order valence-corrected chi connectivity index (χ3v) is 3.44. The zero-order valence-corrected chi connectivity index (χ0v) is 13.2. The topological polar surface area (TPSA) is 55.8 Å². The van der Waals surface area contributed by atoms with Gasteiger partial charge in [-0.2, -0.15) is 0 Å². The minimum Gasteiger partial charge on any atom is -0.487 e. The molecule has 0 aliphatic carbocycles. The number of hydrogen-bond donors (Lipinski definition) is 1. The Kier molecular flexibility index (Phi) is 5.96. The average Bonchev–Trinajstić information content (AvgIpc) is 2.53. The van der Waals surface area contributed by atoms with Gasteiger partial charge in [-0.3, -0.25) is 4.79 Å². The van der Waals surface area contributed by atoms with Crippen LogP contribution in [0.1, 0.15) is 17.2 Å². The summed E-state index contributed by atoms with van der Waals surface area (Å²) in [7, 11) is 1.27. The highest BCUT2D eigenvalue weighted by atomic mass is 35.5. The Hall–Kier alpha value is -2.11. The summed E-state index contributed by atoms with van der Waals surface area (Å²) in [5, 5.41) is 10.5. The molecule has 23 heavy (non-hydrogen) atoms. The largest absolute Gasteiger partial charge is 0.487 e. The highest BCUT2D eigenvalue weighted by Crippen LogP contribution is 2.22. The quantitative estimate of drug-likeness (QED) is 0.821. The molecule has 4 nitrogen and oxygen atoms in total. The molecule has 1 N–H and O–H groups in total. The Labute approximate surface area is 138 Å². The number of ether oxygens (including phenoxy) is 2. The number of carbonyl (C=O) groups is 1. The molecule has 0 aliphatic heterocycles. The molecule has 0 fully saturated rings. The van der Waals surface area contributed by atoms with Crippen molar-refractivity contribution in [3.8, 4) is 5.75 Å². The van der Waals surface area contributed by atoms with E-state index in [0.717, 1.165) is 0 Å². The summed E-state index contributed by atoms with van der Waals surface area (Å²) in [5.74, 6) is -1.06. The van der Waals surface area contributed by atoms with Gasteiger partial charge in [0.1, 0.15) is 12.7 Å². The van der Waals surface area contributed by atoms with Crippen LogP contribution in [-0.4, -0.2) is 24.8 Å². The van der Waals surface area contributed by atoms with E-state index in [9.17, 15) is 14.3 Å². The van der Waals surface area contributed by atoms with Crippen molar-refractivity contribution >= 4 is 17.6 Å². The van der Waals surface area contributed by atoms with E-state index in [1.54, 1.807) is 30.3 Å². The van der Waals surface area contributed by atoms with Gasteiger partial charge in [0.2, 0.25) is 0 Å². The van der Waals surface area contributed by atoms with E-state index in [2.05, 4.69) is 4.74 Å². The molecule has 0 aromatic heterocycles. The van der Waals surface area contributed by atoms with Crippen molar-refractivity contribution < 1.29 is 23.8 Å². The second-order valence-electron chi connectivity index (χ2n) is 4.90. The maximum atomic E-state index is 13.9. The van der Waals surface area contributed by atoms with Crippen molar-refractivity contribution in [2.45, 2.75) is 12.5 Å². The van der Waals surface area contributed by atoms with Gasteiger partial charge in [0.25, 0.3) is 0 Å². The molecular formula is C17H16ClFO4. The summed E-state index contributed by atoms with van der Waals surface area (Å²) in [6.45, 7) is -0.117. The summed E-state index contributed by atoms with van der Waals surface area (Å²) < 4.78 is 23.8. The molecule has 0 heterocycles. The lowest BCUT2D eigenvalue weighted by Crippen LogP contribution is -2.11. The number of carbonyl (C=O) groups excluding carboxylic acids is 1. The van der Waals surface area contributed by atoms with E-state index >= 15 is 0 Å². The van der Waals surface area contributed by atoms with Crippen LogP contribution >= 0.6 is 11.6 Å². The fraction of sp³-hybridized carbons (Fsp3) is 0.235. The Morgan fingerprint density at radius 2 is 2.09 bits per heavy atom. The van der Waals surface area contributed by atoms with Crippen LogP contribution in [0.2, 0.25) is 5.02 Å². The number of hydrogen-bond acceptors (Lipinski definition) is 4. The van der Waals surface area contributed by atoms with Crippen LogP contribution in [0.5, 0.6) is 5.75 Å². The van der Waals surface area contributed by atoms with E-state index in [1.165, 1.54) is 19.2 Å². The number of methoxy groups -OCH3 is 1. The number of aliphatic hydroxyl groups is 1. The minimum atomic E-state index is -0.928. The molecule has 0 amide bonds. The Bertz CT molecular complexity index is 690. The molecular weight excluding hydrogens is 323 g/mol. The summed E-state index contributed by atoms with van der Waals surface area (Å²) in [6.07, 6.45) is -0.943. The van der Waals surface area contributed by atoms with Crippen LogP contribution in [0.25, 0.3) is 0 Å². The van der Waals surface area contributed by atoms with Gasteiger partial charge in [-0.25, -0.2) is 4.39 Å². The first-order valence-electron chi connectivity index (χ1n) is 6.91. The SMILES string of the molecule is COC(=O)Cc1ccc(OCC(O)c2cccc(Cl)c2)c(F)c1. The number of rotatable bonds is 6. The number of halogens is 2. The van der Waals surface area contributed by atoms with E-state index in [4.69, 9.17) is 16.3 Å². The van der Waals surface area contributed by atoms with Crippen LogP contribution in [0.4, 0.5) is 4.39 Å². The van der Waals surface area contributed by atoms with Gasteiger partial charge in [-0.1, -0.05) is 29.8 Å². The molecule has 2 aromatic rings. The molecule has 0 spiro atoms. The fourth-order valence-corrected chi connectivity index (χ4v) is 2.19. The molecule has 0 radical (unpaired) electrons. The summed E-state index contributed by atoms with van der Waals surface area (Å²) >= 11 is 5.85. The smallest absolute Gasteiger partial charge is 0.309 e. The predicted octanol–water partition coefficient (Wildman–Crippen LogP) is 3.31. The second kappa shape index (κ2) is 7.94. The lowest BCUT2D eigenvalue weighted by molar-refractivity contribution is -0.139. The van der Waals surface area contributed by atoms with Gasteiger partial charge in [-0.05, 0) is 35.4 Å². The van der Waals surface area contributed by atoms with Crippen molar-refractivity contribution in [3.05, 3.63) is 64.4 Å². The molecule has 1 atom stereocenters. The molecule has 2 aromatic carbocycles. The van der Waals surface area contributed by atoms with Crippen molar-refractivity contribution in [1.82, 2.24) is 0 Å². The maximum absolute atomic E-state index is 13.9. The van der Waals surface area contributed by atoms with Gasteiger partial charge in [-0.15, -0.1) is 0 Å². The Balaban J connectivity index is 1.99. The van der Waals surface area contributed by atoms with E-state index in [-0.39, 0.29) is 18.8 Å². The lowest BCUT2D eigenvalue weighted by atomic mass is 10.1. The van der Waals surface area contributed by atoms with Crippen LogP contribution in [-0.2, 0) is 16.0 Å². The third-order valence-electron chi connectivity index (χ3n) is 3.20. The van der Waals surface area contributed by atoms with E-state index in [1.807, 2.05) is 0 Å². The van der Waals surface area contributed by atoms with E-state index in [0.29, 0.717) is 16.1 Å². The Morgan fingerprint density at radius 3 is 2.74 bits per heavy atom. The highest BCUT2D eigenvalue weighted by Gasteiger charge is 2.12. The van der Waals surface area contributed by atoms with Crippen LogP contribution in [0.3, 0.4) is 0 Å². The predicted molar refractivity (Wildman–Crippen MR) is 84.0 cm³/mol. The third kappa shape index (κ3) is 4.94. The Morgan fingerprint density at radius 1 is 1.30 bits per heavy atom. The molecule has 0 saturated heterocycles. The second-order valence-corrected chi connectivity index (χ2v) is 5.34. The van der Waals surface area contributed by atoms with E-state index < -0.39 is 17.9 Å². The van der Waals surface area contributed by atoms with Gasteiger partial charge in [0.05, 0.1) is 13.5 Å². The molecule has 0 aliphatic rings. The van der Waals surface area contributed by atoms with Crippen LogP contribution < -0.4 is 4.74 Å². The summed E-state index contributed by atoms with van der Waals surface area (Å²) in [6, 6.07) is 10.9. The van der Waals surface area contributed by atoms with Crippen LogP contribution in [0.15, 0.2) is 42.5 Å².